The third kappa shape index (κ3) is 6.32. The highest BCUT2D eigenvalue weighted by molar-refractivity contribution is 7.50. The van der Waals surface area contributed by atoms with E-state index in [2.05, 4.69) is 0 Å². The molecule has 2 unspecified atom stereocenters. The summed E-state index contributed by atoms with van der Waals surface area (Å²) in [6, 6.07) is 9.34. The van der Waals surface area contributed by atoms with E-state index in [9.17, 15) is 14.5 Å². The molecule has 0 radical (unpaired) electrons. The van der Waals surface area contributed by atoms with Gasteiger partial charge < -0.3 is 15.1 Å². The zero-order valence-corrected chi connectivity index (χ0v) is 11.3. The zero-order chi connectivity index (χ0) is 14.3. The second kappa shape index (κ2) is 7.87. The number of benzene rings is 1. The van der Waals surface area contributed by atoms with Crippen molar-refractivity contribution in [1.82, 2.24) is 0 Å². The van der Waals surface area contributed by atoms with Gasteiger partial charge in [-0.1, -0.05) is 30.3 Å². The summed E-state index contributed by atoms with van der Waals surface area (Å²) in [5.74, 6) is -2.86. The third-order valence-corrected chi connectivity index (χ3v) is 4.29. The van der Waals surface area contributed by atoms with E-state index >= 15 is 0 Å². The van der Waals surface area contributed by atoms with Gasteiger partial charge in [0.05, 0.1) is 5.92 Å². The Morgan fingerprint density at radius 3 is 2.32 bits per heavy atom. The molecule has 0 spiro atoms. The van der Waals surface area contributed by atoms with Crippen molar-refractivity contribution in [3.63, 3.8) is 0 Å². The monoisotopic (exact) mass is 284 g/mol. The molecule has 0 aliphatic rings. The Hall–Kier alpha value is -1.45. The molecule has 0 aromatic heterocycles. The van der Waals surface area contributed by atoms with Crippen molar-refractivity contribution in [1.29, 1.82) is 0 Å². The van der Waals surface area contributed by atoms with Gasteiger partial charge in [0.25, 0.3) is 0 Å². The van der Waals surface area contributed by atoms with Gasteiger partial charge in [0.1, 0.15) is 0 Å². The van der Waals surface area contributed by atoms with E-state index in [4.69, 9.17) is 10.2 Å². The maximum absolute atomic E-state index is 11.0. The molecule has 0 fully saturated rings. The van der Waals surface area contributed by atoms with E-state index < -0.39 is 26.0 Å². The molecule has 0 bridgehead atoms. The number of aliphatic carboxylic acids is 2. The largest absolute Gasteiger partial charge is 0.481 e. The summed E-state index contributed by atoms with van der Waals surface area (Å²) in [4.78, 5) is 31.4. The Balaban J connectivity index is 2.49. The van der Waals surface area contributed by atoms with Gasteiger partial charge in [-0.2, -0.15) is 0 Å². The molecule has 5 nitrogen and oxygen atoms in total. The molecular weight excluding hydrogens is 267 g/mol. The Morgan fingerprint density at radius 1 is 1.16 bits per heavy atom. The average molecular weight is 284 g/mol. The number of rotatable bonds is 8. The topological polar surface area (TPSA) is 94.8 Å². The molecule has 0 heterocycles. The van der Waals surface area contributed by atoms with Crippen LogP contribution in [-0.4, -0.2) is 33.2 Å². The highest BCUT2D eigenvalue weighted by Gasteiger charge is 2.22. The molecule has 1 rings (SSSR count). The first-order valence-corrected chi connectivity index (χ1v) is 7.58. The fraction of sp³-hybridized carbons (Fsp3) is 0.385. The molecule has 6 heteroatoms. The Morgan fingerprint density at radius 2 is 1.79 bits per heavy atom. The Kier molecular flexibility index (Phi) is 6.46. The smallest absolute Gasteiger partial charge is 0.306 e. The third-order valence-electron chi connectivity index (χ3n) is 2.69. The molecule has 1 aromatic carbocycles. The SMILES string of the molecule is O=C(O)CCC(CP(O)Cc1ccccc1)C(=O)O. The summed E-state index contributed by atoms with van der Waals surface area (Å²) in [6.45, 7) is 0. The molecule has 0 saturated carbocycles. The van der Waals surface area contributed by atoms with Crippen LogP contribution in [0.15, 0.2) is 30.3 Å². The fourth-order valence-corrected chi connectivity index (χ4v) is 3.31. The minimum Gasteiger partial charge on any atom is -0.481 e. The summed E-state index contributed by atoms with van der Waals surface area (Å²) >= 11 is 0. The Bertz CT molecular complexity index is 420. The average Bonchev–Trinajstić information content (AvgIpc) is 2.35. The minimum absolute atomic E-state index is 0.0544. The normalized spacial score (nSPS) is 13.7. The van der Waals surface area contributed by atoms with E-state index in [-0.39, 0.29) is 19.0 Å². The van der Waals surface area contributed by atoms with E-state index in [1.54, 1.807) is 0 Å². The first-order valence-electron chi connectivity index (χ1n) is 5.91. The number of carboxylic acids is 2. The van der Waals surface area contributed by atoms with E-state index in [0.717, 1.165) is 5.56 Å². The van der Waals surface area contributed by atoms with E-state index in [1.165, 1.54) is 0 Å². The van der Waals surface area contributed by atoms with Crippen LogP contribution >= 0.6 is 8.15 Å². The molecule has 3 N–H and O–H groups in total. The van der Waals surface area contributed by atoms with Crippen LogP contribution in [0.4, 0.5) is 0 Å². The van der Waals surface area contributed by atoms with Crippen molar-refractivity contribution in [2.45, 2.75) is 19.0 Å². The van der Waals surface area contributed by atoms with Crippen molar-refractivity contribution in [3.8, 4) is 0 Å². The lowest BCUT2D eigenvalue weighted by Gasteiger charge is -2.16. The van der Waals surface area contributed by atoms with Crippen molar-refractivity contribution < 1.29 is 24.7 Å². The second-order valence-electron chi connectivity index (χ2n) is 4.30. The highest BCUT2D eigenvalue weighted by atomic mass is 31.1. The molecule has 0 aliphatic carbocycles. The van der Waals surface area contributed by atoms with Gasteiger partial charge in [-0.05, 0) is 12.0 Å². The van der Waals surface area contributed by atoms with Crippen molar-refractivity contribution in [2.75, 3.05) is 6.16 Å². The van der Waals surface area contributed by atoms with Gasteiger partial charge in [0, 0.05) is 26.9 Å². The summed E-state index contributed by atoms with van der Waals surface area (Å²) in [7, 11) is -1.43. The van der Waals surface area contributed by atoms with Gasteiger partial charge in [-0.3, -0.25) is 9.59 Å². The standard InChI is InChI=1S/C13H17O5P/c14-12(15)7-6-11(13(16)17)9-19(18)8-10-4-2-1-3-5-10/h1-5,11,18H,6-9H2,(H,14,15)(H,16,17). The van der Waals surface area contributed by atoms with Crippen LogP contribution in [-0.2, 0) is 15.8 Å². The first kappa shape index (κ1) is 15.6. The van der Waals surface area contributed by atoms with E-state index in [0.29, 0.717) is 6.16 Å². The van der Waals surface area contributed by atoms with Gasteiger partial charge in [-0.25, -0.2) is 0 Å². The molecule has 19 heavy (non-hydrogen) atoms. The lowest BCUT2D eigenvalue weighted by Crippen LogP contribution is -2.18. The van der Waals surface area contributed by atoms with Crippen LogP contribution in [0.1, 0.15) is 18.4 Å². The van der Waals surface area contributed by atoms with E-state index in [1.807, 2.05) is 30.3 Å². The van der Waals surface area contributed by atoms with Gasteiger partial charge >= 0.3 is 11.9 Å². The lowest BCUT2D eigenvalue weighted by atomic mass is 10.1. The highest BCUT2D eigenvalue weighted by Crippen LogP contribution is 2.38. The van der Waals surface area contributed by atoms with Crippen LogP contribution in [0.25, 0.3) is 0 Å². The van der Waals surface area contributed by atoms with Gasteiger partial charge in [-0.15, -0.1) is 0 Å². The number of carbonyl (C=O) groups is 2. The molecule has 1 aromatic rings. The number of hydrogen-bond donors (Lipinski definition) is 3. The zero-order valence-electron chi connectivity index (χ0n) is 10.4. The molecule has 0 saturated heterocycles. The maximum Gasteiger partial charge on any atom is 0.306 e. The predicted molar refractivity (Wildman–Crippen MR) is 72.1 cm³/mol. The van der Waals surface area contributed by atoms with Gasteiger partial charge in [0.2, 0.25) is 0 Å². The quantitative estimate of drug-likeness (QED) is 0.636. The number of carboxylic acid groups (broad SMARTS) is 2. The van der Waals surface area contributed by atoms with Crippen LogP contribution in [0.3, 0.4) is 0 Å². The number of hydrogen-bond acceptors (Lipinski definition) is 3. The van der Waals surface area contributed by atoms with Crippen LogP contribution < -0.4 is 0 Å². The van der Waals surface area contributed by atoms with Crippen molar-refractivity contribution in [3.05, 3.63) is 35.9 Å². The first-order chi connectivity index (χ1) is 8.99. The summed E-state index contributed by atoms with van der Waals surface area (Å²) in [5.41, 5.74) is 0.957. The fourth-order valence-electron chi connectivity index (χ4n) is 1.70. The van der Waals surface area contributed by atoms with Crippen molar-refractivity contribution in [2.24, 2.45) is 5.92 Å². The molecule has 104 valence electrons. The summed E-state index contributed by atoms with van der Waals surface area (Å²) < 4.78 is 0. The summed E-state index contributed by atoms with van der Waals surface area (Å²) in [6.07, 6.45) is 0.435. The lowest BCUT2D eigenvalue weighted by molar-refractivity contribution is -0.142. The molecular formula is C13H17O5P. The second-order valence-corrected chi connectivity index (χ2v) is 5.99. The van der Waals surface area contributed by atoms with Crippen LogP contribution in [0.2, 0.25) is 0 Å². The maximum atomic E-state index is 11.0. The summed E-state index contributed by atoms with van der Waals surface area (Å²) in [5, 5.41) is 17.6. The van der Waals surface area contributed by atoms with Crippen LogP contribution in [0, 0.1) is 5.92 Å². The van der Waals surface area contributed by atoms with Crippen molar-refractivity contribution >= 4 is 20.1 Å². The van der Waals surface area contributed by atoms with Crippen LogP contribution in [0.5, 0.6) is 0 Å². The molecule has 0 amide bonds. The minimum atomic E-state index is -1.43. The predicted octanol–water partition coefficient (Wildman–Crippen LogP) is 2.14. The molecule has 0 aliphatic heterocycles. The molecule has 2 atom stereocenters. The van der Waals surface area contributed by atoms with Gasteiger partial charge in [0.15, 0.2) is 0 Å². The Labute approximate surface area is 112 Å².